The van der Waals surface area contributed by atoms with Crippen molar-refractivity contribution in [2.75, 3.05) is 33.9 Å². The smallest absolute Gasteiger partial charge is 0.325 e. The van der Waals surface area contributed by atoms with Crippen LogP contribution in [-0.2, 0) is 14.8 Å². The number of hydrogen-bond donors (Lipinski definition) is 2. The first-order valence-electron chi connectivity index (χ1n) is 8.13. The van der Waals surface area contributed by atoms with E-state index in [1.807, 2.05) is 18.7 Å². The highest BCUT2D eigenvalue weighted by molar-refractivity contribution is 7.92. The number of carboxylic acids is 1. The number of anilines is 3. The first-order chi connectivity index (χ1) is 11.5. The topological polar surface area (TPSA) is 116 Å². The summed E-state index contributed by atoms with van der Waals surface area (Å²) in [5.74, 6) is -0.485. The molecule has 142 valence electrons. The van der Waals surface area contributed by atoms with Gasteiger partial charge in [0.25, 0.3) is 0 Å². The molecule has 0 saturated heterocycles. The predicted molar refractivity (Wildman–Crippen MR) is 98.8 cm³/mol. The zero-order chi connectivity index (χ0) is 19.4. The van der Waals surface area contributed by atoms with Crippen LogP contribution in [0.5, 0.6) is 0 Å². The van der Waals surface area contributed by atoms with Crippen molar-refractivity contribution in [1.82, 2.24) is 9.97 Å². The lowest BCUT2D eigenvalue weighted by Gasteiger charge is -2.29. The van der Waals surface area contributed by atoms with Gasteiger partial charge in [0.2, 0.25) is 16.0 Å². The Morgan fingerprint density at radius 2 is 1.84 bits per heavy atom. The third kappa shape index (κ3) is 5.18. The van der Waals surface area contributed by atoms with Gasteiger partial charge < -0.3 is 15.3 Å². The van der Waals surface area contributed by atoms with Gasteiger partial charge in [-0.15, -0.1) is 0 Å². The van der Waals surface area contributed by atoms with Crippen molar-refractivity contribution in [3.8, 4) is 0 Å². The van der Waals surface area contributed by atoms with Crippen LogP contribution in [0.1, 0.15) is 34.6 Å². The number of hydrogen-bond acceptors (Lipinski definition) is 7. The molecule has 1 heterocycles. The molecule has 0 amide bonds. The molecule has 0 bridgehead atoms. The number of carbonyl (C=O) groups is 1. The number of rotatable bonds is 9. The molecule has 1 atom stereocenters. The van der Waals surface area contributed by atoms with Gasteiger partial charge in [-0.25, -0.2) is 13.4 Å². The molecule has 1 rings (SSSR count). The van der Waals surface area contributed by atoms with E-state index in [2.05, 4.69) is 15.3 Å². The Morgan fingerprint density at radius 1 is 1.28 bits per heavy atom. The Hall–Kier alpha value is -2.10. The Labute approximate surface area is 149 Å². The lowest BCUT2D eigenvalue weighted by molar-refractivity contribution is -0.137. The number of carboxylic acid groups (broad SMARTS) is 1. The van der Waals surface area contributed by atoms with E-state index in [9.17, 15) is 13.2 Å². The summed E-state index contributed by atoms with van der Waals surface area (Å²) in [6.45, 7) is 10.2. The number of aliphatic carboxylic acids is 1. The summed E-state index contributed by atoms with van der Waals surface area (Å²) in [5.41, 5.74) is 0.224. The highest BCUT2D eigenvalue weighted by Gasteiger charge is 2.27. The van der Waals surface area contributed by atoms with Crippen LogP contribution >= 0.6 is 0 Å². The van der Waals surface area contributed by atoms with E-state index in [0.29, 0.717) is 19.0 Å². The van der Waals surface area contributed by atoms with Gasteiger partial charge in [-0.2, -0.15) is 4.98 Å². The predicted octanol–water partition coefficient (Wildman–Crippen LogP) is 1.38. The highest BCUT2D eigenvalue weighted by Crippen LogP contribution is 2.29. The van der Waals surface area contributed by atoms with Crippen LogP contribution in [0.2, 0.25) is 0 Å². The van der Waals surface area contributed by atoms with Crippen molar-refractivity contribution < 1.29 is 18.3 Å². The summed E-state index contributed by atoms with van der Waals surface area (Å²) in [5, 5.41) is 11.9. The summed E-state index contributed by atoms with van der Waals surface area (Å²) >= 11 is 0. The van der Waals surface area contributed by atoms with Gasteiger partial charge in [0, 0.05) is 19.1 Å². The van der Waals surface area contributed by atoms with E-state index in [1.165, 1.54) is 17.4 Å². The molecule has 0 fully saturated rings. The maximum atomic E-state index is 12.2. The van der Waals surface area contributed by atoms with E-state index in [-0.39, 0.29) is 17.5 Å². The first kappa shape index (κ1) is 20.9. The fraction of sp³-hybridized carbons (Fsp3) is 0.667. The standard InChI is InChI=1S/C15H27N5O4S/c1-7-19(8-2)15-16-9-12(20(10(3)4)25(6,23)24)13(18-15)17-11(5)14(21)22/h9-11H,7-8H2,1-6H3,(H,21,22)(H,16,17,18). The molecular formula is C15H27N5O4S. The van der Waals surface area contributed by atoms with Gasteiger partial charge in [-0.3, -0.25) is 9.10 Å². The summed E-state index contributed by atoms with van der Waals surface area (Å²) in [6, 6.07) is -1.31. The quantitative estimate of drug-likeness (QED) is 0.667. The van der Waals surface area contributed by atoms with E-state index < -0.39 is 22.0 Å². The second kappa shape index (κ2) is 8.32. The molecule has 0 aliphatic carbocycles. The molecule has 2 N–H and O–H groups in total. The third-order valence-electron chi connectivity index (χ3n) is 3.59. The molecule has 25 heavy (non-hydrogen) atoms. The molecule has 0 aliphatic heterocycles. The maximum Gasteiger partial charge on any atom is 0.325 e. The molecule has 0 spiro atoms. The number of sulfonamides is 1. The van der Waals surface area contributed by atoms with Gasteiger partial charge in [0.05, 0.1) is 12.5 Å². The van der Waals surface area contributed by atoms with Gasteiger partial charge >= 0.3 is 5.97 Å². The van der Waals surface area contributed by atoms with Crippen LogP contribution in [0, 0.1) is 0 Å². The fourth-order valence-corrected chi connectivity index (χ4v) is 3.66. The molecule has 0 aliphatic rings. The largest absolute Gasteiger partial charge is 0.480 e. The second-order valence-electron chi connectivity index (χ2n) is 5.93. The molecule has 10 heteroatoms. The van der Waals surface area contributed by atoms with Gasteiger partial charge in [0.1, 0.15) is 11.7 Å². The summed E-state index contributed by atoms with van der Waals surface area (Å²) in [7, 11) is -3.59. The van der Waals surface area contributed by atoms with Crippen LogP contribution in [0.25, 0.3) is 0 Å². The van der Waals surface area contributed by atoms with Crippen molar-refractivity contribution in [2.24, 2.45) is 0 Å². The van der Waals surface area contributed by atoms with Crippen molar-refractivity contribution in [3.05, 3.63) is 6.20 Å². The van der Waals surface area contributed by atoms with Crippen LogP contribution in [-0.4, -0.2) is 60.9 Å². The molecular weight excluding hydrogens is 346 g/mol. The second-order valence-corrected chi connectivity index (χ2v) is 7.79. The third-order valence-corrected chi connectivity index (χ3v) is 4.92. The molecule has 0 radical (unpaired) electrons. The normalized spacial score (nSPS) is 12.8. The minimum Gasteiger partial charge on any atom is -0.480 e. The zero-order valence-electron chi connectivity index (χ0n) is 15.5. The lowest BCUT2D eigenvalue weighted by atomic mass is 10.3. The van der Waals surface area contributed by atoms with Crippen LogP contribution in [0.4, 0.5) is 17.5 Å². The highest BCUT2D eigenvalue weighted by atomic mass is 32.2. The zero-order valence-corrected chi connectivity index (χ0v) is 16.3. The lowest BCUT2D eigenvalue weighted by Crippen LogP contribution is -2.38. The summed E-state index contributed by atoms with van der Waals surface area (Å²) in [4.78, 5) is 21.7. The number of nitrogens with one attached hydrogen (secondary N) is 1. The average Bonchev–Trinajstić information content (AvgIpc) is 2.48. The number of nitrogens with zero attached hydrogens (tertiary/aromatic N) is 4. The Bertz CT molecular complexity index is 704. The minimum absolute atomic E-state index is 0.172. The summed E-state index contributed by atoms with van der Waals surface area (Å²) < 4.78 is 25.6. The molecule has 1 aromatic rings. The Balaban J connectivity index is 3.52. The molecule has 1 unspecified atom stereocenters. The van der Waals surface area contributed by atoms with Gasteiger partial charge in [-0.1, -0.05) is 0 Å². The van der Waals surface area contributed by atoms with Crippen LogP contribution < -0.4 is 14.5 Å². The van der Waals surface area contributed by atoms with E-state index >= 15 is 0 Å². The number of aromatic nitrogens is 2. The van der Waals surface area contributed by atoms with E-state index in [4.69, 9.17) is 5.11 Å². The summed E-state index contributed by atoms with van der Waals surface area (Å²) in [6.07, 6.45) is 2.51. The minimum atomic E-state index is -3.59. The van der Waals surface area contributed by atoms with E-state index in [0.717, 1.165) is 6.26 Å². The monoisotopic (exact) mass is 373 g/mol. The molecule has 0 saturated carbocycles. The van der Waals surface area contributed by atoms with Crippen molar-refractivity contribution >= 4 is 33.4 Å². The molecule has 9 nitrogen and oxygen atoms in total. The van der Waals surface area contributed by atoms with Gasteiger partial charge in [-0.05, 0) is 34.6 Å². The van der Waals surface area contributed by atoms with Crippen molar-refractivity contribution in [3.63, 3.8) is 0 Å². The Kier molecular flexibility index (Phi) is 6.97. The van der Waals surface area contributed by atoms with Crippen molar-refractivity contribution in [1.29, 1.82) is 0 Å². The SMILES string of the molecule is CCN(CC)c1ncc(N(C(C)C)S(C)(=O)=O)c(NC(C)C(=O)O)n1. The molecule has 1 aromatic heterocycles. The fourth-order valence-electron chi connectivity index (χ4n) is 2.40. The first-order valence-corrected chi connectivity index (χ1v) is 9.98. The maximum absolute atomic E-state index is 12.2. The Morgan fingerprint density at radius 3 is 2.24 bits per heavy atom. The van der Waals surface area contributed by atoms with Gasteiger partial charge in [0.15, 0.2) is 5.82 Å². The molecule has 0 aromatic carbocycles. The van der Waals surface area contributed by atoms with Crippen molar-refractivity contribution in [2.45, 2.75) is 46.7 Å². The average molecular weight is 373 g/mol. The van der Waals surface area contributed by atoms with Crippen LogP contribution in [0.15, 0.2) is 6.20 Å². The van der Waals surface area contributed by atoms with Crippen LogP contribution in [0.3, 0.4) is 0 Å². The van der Waals surface area contributed by atoms with E-state index in [1.54, 1.807) is 13.8 Å².